The van der Waals surface area contributed by atoms with Crippen LogP contribution in [0.3, 0.4) is 0 Å². The molecule has 0 radical (unpaired) electrons. The van der Waals surface area contributed by atoms with Crippen LogP contribution in [-0.2, 0) is 30.6 Å². The first kappa shape index (κ1) is 24.3. The maximum absolute atomic E-state index is 5.17. The van der Waals surface area contributed by atoms with Crippen molar-refractivity contribution in [2.45, 2.75) is 64.9 Å². The van der Waals surface area contributed by atoms with Crippen molar-refractivity contribution in [1.82, 2.24) is 0 Å². The van der Waals surface area contributed by atoms with Gasteiger partial charge in [0.25, 0.3) is 0 Å². The zero-order valence-corrected chi connectivity index (χ0v) is 20.0. The molecule has 0 bridgehead atoms. The van der Waals surface area contributed by atoms with E-state index in [2.05, 4.69) is 91.9 Å². The van der Waals surface area contributed by atoms with Crippen molar-refractivity contribution in [2.24, 2.45) is 11.8 Å². The summed E-state index contributed by atoms with van der Waals surface area (Å²) in [7, 11) is 1.73. The SMILES string of the molecule is C/C=C\C1CCC(C/C=C/Cc2ccc(C/C=C/Cc3ccc(COC)cc3)cc2)CC1. The molecule has 0 atom stereocenters. The van der Waals surface area contributed by atoms with Gasteiger partial charge in [-0.05, 0) is 92.4 Å². The van der Waals surface area contributed by atoms with Crippen molar-refractivity contribution < 1.29 is 4.74 Å². The van der Waals surface area contributed by atoms with Crippen molar-refractivity contribution in [3.8, 4) is 0 Å². The van der Waals surface area contributed by atoms with Gasteiger partial charge in [0.2, 0.25) is 0 Å². The third kappa shape index (κ3) is 8.63. The monoisotopic (exact) mass is 428 g/mol. The summed E-state index contributed by atoms with van der Waals surface area (Å²) in [6.45, 7) is 2.82. The van der Waals surface area contributed by atoms with Crippen molar-refractivity contribution in [2.75, 3.05) is 7.11 Å². The number of hydrogen-bond donors (Lipinski definition) is 0. The third-order valence-electron chi connectivity index (χ3n) is 6.58. The maximum atomic E-state index is 5.17. The van der Waals surface area contributed by atoms with Gasteiger partial charge in [-0.25, -0.2) is 0 Å². The number of allylic oxidation sites excluding steroid dienone is 6. The molecule has 0 aromatic heterocycles. The summed E-state index contributed by atoms with van der Waals surface area (Å²) < 4.78 is 5.17. The molecule has 3 rings (SSSR count). The second kappa shape index (κ2) is 13.9. The molecule has 1 nitrogen and oxygen atoms in total. The smallest absolute Gasteiger partial charge is 0.0713 e. The molecule has 1 heteroatoms. The molecule has 0 N–H and O–H groups in total. The molecule has 0 saturated heterocycles. The van der Waals surface area contributed by atoms with E-state index < -0.39 is 0 Å². The van der Waals surface area contributed by atoms with E-state index in [1.54, 1.807) is 7.11 Å². The van der Waals surface area contributed by atoms with Crippen LogP contribution in [0, 0.1) is 11.8 Å². The minimum atomic E-state index is 0.680. The molecule has 170 valence electrons. The van der Waals surface area contributed by atoms with Gasteiger partial charge in [-0.2, -0.15) is 0 Å². The van der Waals surface area contributed by atoms with Gasteiger partial charge in [0, 0.05) is 7.11 Å². The fourth-order valence-corrected chi connectivity index (χ4v) is 4.59. The Balaban J connectivity index is 1.34. The van der Waals surface area contributed by atoms with E-state index in [-0.39, 0.29) is 0 Å². The predicted octanol–water partition coefficient (Wildman–Crippen LogP) is 8.05. The summed E-state index contributed by atoms with van der Waals surface area (Å²) in [6.07, 6.45) is 23.7. The number of methoxy groups -OCH3 is 1. The van der Waals surface area contributed by atoms with Gasteiger partial charge in [0.05, 0.1) is 6.61 Å². The minimum absolute atomic E-state index is 0.680. The highest BCUT2D eigenvalue weighted by molar-refractivity contribution is 5.27. The van der Waals surface area contributed by atoms with Gasteiger partial charge >= 0.3 is 0 Å². The molecule has 0 aliphatic heterocycles. The molecule has 1 saturated carbocycles. The van der Waals surface area contributed by atoms with Crippen LogP contribution in [0.15, 0.2) is 85.0 Å². The summed E-state index contributed by atoms with van der Waals surface area (Å²) in [5, 5.41) is 0. The van der Waals surface area contributed by atoms with Crippen LogP contribution >= 0.6 is 0 Å². The van der Waals surface area contributed by atoms with E-state index in [4.69, 9.17) is 4.74 Å². The Morgan fingerprint density at radius 2 is 1.16 bits per heavy atom. The molecular weight excluding hydrogens is 388 g/mol. The normalized spacial score (nSPS) is 19.4. The summed E-state index contributed by atoms with van der Waals surface area (Å²) >= 11 is 0. The number of rotatable bonds is 11. The number of benzene rings is 2. The Morgan fingerprint density at radius 3 is 1.62 bits per heavy atom. The quantitative estimate of drug-likeness (QED) is 0.329. The second-order valence-corrected chi connectivity index (χ2v) is 9.16. The first-order valence-electron chi connectivity index (χ1n) is 12.3. The molecule has 1 aliphatic rings. The molecule has 0 amide bonds. The van der Waals surface area contributed by atoms with Crippen LogP contribution in [-0.4, -0.2) is 7.11 Å². The van der Waals surface area contributed by atoms with E-state index in [9.17, 15) is 0 Å². The van der Waals surface area contributed by atoms with Crippen LogP contribution in [0.1, 0.15) is 61.3 Å². The highest BCUT2D eigenvalue weighted by Gasteiger charge is 2.17. The fourth-order valence-electron chi connectivity index (χ4n) is 4.59. The average molecular weight is 429 g/mol. The van der Waals surface area contributed by atoms with E-state index >= 15 is 0 Å². The van der Waals surface area contributed by atoms with Gasteiger partial charge < -0.3 is 4.74 Å². The average Bonchev–Trinajstić information content (AvgIpc) is 2.83. The molecule has 32 heavy (non-hydrogen) atoms. The molecule has 0 heterocycles. The second-order valence-electron chi connectivity index (χ2n) is 9.16. The van der Waals surface area contributed by atoms with E-state index in [0.29, 0.717) is 6.61 Å². The third-order valence-corrected chi connectivity index (χ3v) is 6.58. The predicted molar refractivity (Wildman–Crippen MR) is 138 cm³/mol. The zero-order valence-electron chi connectivity index (χ0n) is 20.0. The summed E-state index contributed by atoms with van der Waals surface area (Å²) in [4.78, 5) is 0. The topological polar surface area (TPSA) is 9.23 Å². The first-order valence-corrected chi connectivity index (χ1v) is 12.3. The van der Waals surface area contributed by atoms with Gasteiger partial charge in [-0.1, -0.05) is 85.0 Å². The molecule has 1 fully saturated rings. The van der Waals surface area contributed by atoms with Crippen LogP contribution < -0.4 is 0 Å². The lowest BCUT2D eigenvalue weighted by atomic mass is 9.80. The molecule has 2 aromatic carbocycles. The highest BCUT2D eigenvalue weighted by Crippen LogP contribution is 2.31. The highest BCUT2D eigenvalue weighted by atomic mass is 16.5. The summed E-state index contributed by atoms with van der Waals surface area (Å²) in [6, 6.07) is 17.8. The first-order chi connectivity index (χ1) is 15.8. The Kier molecular flexibility index (Phi) is 10.5. The van der Waals surface area contributed by atoms with Gasteiger partial charge in [-0.3, -0.25) is 0 Å². The van der Waals surface area contributed by atoms with Gasteiger partial charge in [-0.15, -0.1) is 0 Å². The molecule has 0 unspecified atom stereocenters. The van der Waals surface area contributed by atoms with Gasteiger partial charge in [0.1, 0.15) is 0 Å². The van der Waals surface area contributed by atoms with Crippen LogP contribution in [0.5, 0.6) is 0 Å². The van der Waals surface area contributed by atoms with E-state index in [1.165, 1.54) is 54.4 Å². The fraction of sp³-hybridized carbons (Fsp3) is 0.419. The number of hydrogen-bond acceptors (Lipinski definition) is 1. The van der Waals surface area contributed by atoms with Gasteiger partial charge in [0.15, 0.2) is 0 Å². The minimum Gasteiger partial charge on any atom is -0.380 e. The van der Waals surface area contributed by atoms with E-state index in [0.717, 1.165) is 31.1 Å². The molecule has 1 aliphatic carbocycles. The van der Waals surface area contributed by atoms with Crippen molar-refractivity contribution >= 4 is 0 Å². The Bertz CT molecular complexity index is 846. The Morgan fingerprint density at radius 1 is 0.688 bits per heavy atom. The molecular formula is C31H40O. The molecule has 2 aromatic rings. The maximum Gasteiger partial charge on any atom is 0.0713 e. The Labute approximate surface area is 195 Å². The van der Waals surface area contributed by atoms with Crippen LogP contribution in [0.2, 0.25) is 0 Å². The van der Waals surface area contributed by atoms with Crippen molar-refractivity contribution in [3.63, 3.8) is 0 Å². The lowest BCUT2D eigenvalue weighted by Gasteiger charge is -2.25. The van der Waals surface area contributed by atoms with Crippen LogP contribution in [0.4, 0.5) is 0 Å². The lowest BCUT2D eigenvalue weighted by molar-refractivity contribution is 0.185. The largest absolute Gasteiger partial charge is 0.380 e. The van der Waals surface area contributed by atoms with Crippen LogP contribution in [0.25, 0.3) is 0 Å². The van der Waals surface area contributed by atoms with Crippen molar-refractivity contribution in [1.29, 1.82) is 0 Å². The van der Waals surface area contributed by atoms with E-state index in [1.807, 2.05) is 0 Å². The Hall–Kier alpha value is -2.38. The lowest BCUT2D eigenvalue weighted by Crippen LogP contribution is -2.12. The molecule has 0 spiro atoms. The zero-order chi connectivity index (χ0) is 22.4. The number of ether oxygens (including phenoxy) is 1. The standard InChI is InChI=1S/C31H40O/c1-3-8-26-13-15-27(16-14-26)9-4-5-10-28-17-19-29(20-18-28)11-6-7-12-30-21-23-31(24-22-30)25-32-2/h3-8,17-24,26-27H,9-16,25H2,1-2H3/b5-4+,7-6+,8-3-. The summed E-state index contributed by atoms with van der Waals surface area (Å²) in [5.41, 5.74) is 5.35. The van der Waals surface area contributed by atoms with Crippen molar-refractivity contribution in [3.05, 3.63) is 107 Å². The summed E-state index contributed by atoms with van der Waals surface area (Å²) in [5.74, 6) is 1.73.